The summed E-state index contributed by atoms with van der Waals surface area (Å²) in [6.07, 6.45) is 2.45. The fraction of sp³-hybridized carbons (Fsp3) is 0.600. The minimum absolute atomic E-state index is 0.265. The van der Waals surface area contributed by atoms with E-state index in [1.165, 1.54) is 18.4 Å². The van der Waals surface area contributed by atoms with Gasteiger partial charge in [0.25, 0.3) is 0 Å². The molecule has 94 valence electrons. The molecular weight excluding hydrogens is 210 g/mol. The van der Waals surface area contributed by atoms with Crippen molar-refractivity contribution in [1.29, 1.82) is 0 Å². The van der Waals surface area contributed by atoms with E-state index in [1.807, 2.05) is 0 Å². The van der Waals surface area contributed by atoms with E-state index in [9.17, 15) is 5.11 Å². The molecule has 0 unspecified atom stereocenters. The van der Waals surface area contributed by atoms with Crippen molar-refractivity contribution in [3.05, 3.63) is 35.9 Å². The summed E-state index contributed by atoms with van der Waals surface area (Å²) in [5.41, 5.74) is 1.39. The van der Waals surface area contributed by atoms with Crippen LogP contribution in [-0.4, -0.2) is 29.2 Å². The van der Waals surface area contributed by atoms with Crippen molar-refractivity contribution in [1.82, 2.24) is 4.90 Å². The predicted molar refractivity (Wildman–Crippen MR) is 70.8 cm³/mol. The molecule has 2 nitrogen and oxygen atoms in total. The SMILES string of the molecule is CC(C)[C@H](CO)N1CCC[C@H]1c1ccccc1. The molecule has 0 bridgehead atoms. The standard InChI is InChI=1S/C15H23NO/c1-12(2)15(11-17)16-10-6-9-14(16)13-7-4-3-5-8-13/h3-5,7-8,12,14-15,17H,6,9-11H2,1-2H3/t14-,15-/m0/s1. The highest BCUT2D eigenvalue weighted by molar-refractivity contribution is 5.20. The molecule has 17 heavy (non-hydrogen) atoms. The quantitative estimate of drug-likeness (QED) is 0.864. The van der Waals surface area contributed by atoms with Crippen LogP contribution in [0.4, 0.5) is 0 Å². The zero-order valence-corrected chi connectivity index (χ0v) is 10.8. The molecule has 1 saturated heterocycles. The lowest BCUT2D eigenvalue weighted by Gasteiger charge is -2.34. The van der Waals surface area contributed by atoms with Crippen molar-refractivity contribution in [2.45, 2.75) is 38.8 Å². The Morgan fingerprint density at radius 1 is 1.29 bits per heavy atom. The molecule has 1 heterocycles. The number of aliphatic hydroxyl groups excluding tert-OH is 1. The van der Waals surface area contributed by atoms with Gasteiger partial charge in [0.15, 0.2) is 0 Å². The number of benzene rings is 1. The van der Waals surface area contributed by atoms with Gasteiger partial charge in [-0.15, -0.1) is 0 Å². The summed E-state index contributed by atoms with van der Waals surface area (Å²) in [5.74, 6) is 0.504. The highest BCUT2D eigenvalue weighted by atomic mass is 16.3. The molecule has 2 heteroatoms. The summed E-state index contributed by atoms with van der Waals surface area (Å²) in [6.45, 7) is 5.77. The third kappa shape index (κ3) is 2.70. The summed E-state index contributed by atoms with van der Waals surface area (Å²) in [7, 11) is 0. The van der Waals surface area contributed by atoms with Crippen LogP contribution in [0, 0.1) is 5.92 Å². The molecule has 0 radical (unpaired) electrons. The average molecular weight is 233 g/mol. The van der Waals surface area contributed by atoms with Crippen LogP contribution in [0.15, 0.2) is 30.3 Å². The van der Waals surface area contributed by atoms with Crippen LogP contribution in [0.3, 0.4) is 0 Å². The van der Waals surface area contributed by atoms with Gasteiger partial charge in [0.05, 0.1) is 6.61 Å². The second-order valence-corrected chi connectivity index (χ2v) is 5.30. The molecular formula is C15H23NO. The number of nitrogens with zero attached hydrogens (tertiary/aromatic N) is 1. The van der Waals surface area contributed by atoms with Gasteiger partial charge in [0.2, 0.25) is 0 Å². The van der Waals surface area contributed by atoms with Gasteiger partial charge in [-0.2, -0.15) is 0 Å². The fourth-order valence-electron chi connectivity index (χ4n) is 2.92. The van der Waals surface area contributed by atoms with Gasteiger partial charge in [-0.05, 0) is 30.9 Å². The van der Waals surface area contributed by atoms with Crippen LogP contribution in [-0.2, 0) is 0 Å². The topological polar surface area (TPSA) is 23.5 Å². The van der Waals surface area contributed by atoms with E-state index in [0.29, 0.717) is 18.0 Å². The Morgan fingerprint density at radius 3 is 2.59 bits per heavy atom. The molecule has 1 N–H and O–H groups in total. The Morgan fingerprint density at radius 2 is 2.00 bits per heavy atom. The third-order valence-corrected chi connectivity index (χ3v) is 3.86. The smallest absolute Gasteiger partial charge is 0.0589 e. The number of hydrogen-bond donors (Lipinski definition) is 1. The van der Waals surface area contributed by atoms with Crippen molar-refractivity contribution >= 4 is 0 Å². The van der Waals surface area contributed by atoms with Crippen molar-refractivity contribution < 1.29 is 5.11 Å². The summed E-state index contributed by atoms with van der Waals surface area (Å²) in [4.78, 5) is 2.49. The van der Waals surface area contributed by atoms with Crippen LogP contribution in [0.5, 0.6) is 0 Å². The van der Waals surface area contributed by atoms with E-state index in [1.54, 1.807) is 0 Å². The largest absolute Gasteiger partial charge is 0.395 e. The van der Waals surface area contributed by atoms with E-state index in [2.05, 4.69) is 49.1 Å². The van der Waals surface area contributed by atoms with Crippen LogP contribution in [0.25, 0.3) is 0 Å². The number of hydrogen-bond acceptors (Lipinski definition) is 2. The highest BCUT2D eigenvalue weighted by Crippen LogP contribution is 2.34. The van der Waals surface area contributed by atoms with Crippen molar-refractivity contribution in [3.63, 3.8) is 0 Å². The fourth-order valence-corrected chi connectivity index (χ4v) is 2.92. The lowest BCUT2D eigenvalue weighted by molar-refractivity contribution is 0.0806. The maximum atomic E-state index is 9.58. The Hall–Kier alpha value is -0.860. The summed E-state index contributed by atoms with van der Waals surface area (Å²) in [6, 6.07) is 11.5. The minimum atomic E-state index is 0.265. The molecule has 0 saturated carbocycles. The average Bonchev–Trinajstić information content (AvgIpc) is 2.80. The monoisotopic (exact) mass is 233 g/mol. The molecule has 0 spiro atoms. The molecule has 2 atom stereocenters. The van der Waals surface area contributed by atoms with Gasteiger partial charge in [0.1, 0.15) is 0 Å². The molecule has 1 fully saturated rings. The first kappa shape index (κ1) is 12.6. The molecule has 1 aliphatic heterocycles. The van der Waals surface area contributed by atoms with Crippen LogP contribution in [0.2, 0.25) is 0 Å². The molecule has 1 aromatic rings. The Labute approximate surface area is 104 Å². The van der Waals surface area contributed by atoms with E-state index < -0.39 is 0 Å². The molecule has 1 aromatic carbocycles. The second kappa shape index (κ2) is 5.65. The van der Waals surface area contributed by atoms with Crippen molar-refractivity contribution in [2.24, 2.45) is 5.92 Å². The van der Waals surface area contributed by atoms with Gasteiger partial charge in [-0.25, -0.2) is 0 Å². The molecule has 0 amide bonds. The third-order valence-electron chi connectivity index (χ3n) is 3.86. The first-order valence-corrected chi connectivity index (χ1v) is 6.65. The molecule has 1 aliphatic rings. The van der Waals surface area contributed by atoms with Gasteiger partial charge in [-0.1, -0.05) is 44.2 Å². The lowest BCUT2D eigenvalue weighted by Crippen LogP contribution is -2.41. The van der Waals surface area contributed by atoms with E-state index in [-0.39, 0.29) is 6.61 Å². The van der Waals surface area contributed by atoms with Gasteiger partial charge in [-0.3, -0.25) is 4.90 Å². The molecule has 0 aliphatic carbocycles. The van der Waals surface area contributed by atoms with Crippen LogP contribution < -0.4 is 0 Å². The van der Waals surface area contributed by atoms with E-state index in [4.69, 9.17) is 0 Å². The van der Waals surface area contributed by atoms with Gasteiger partial charge in [0, 0.05) is 12.1 Å². The van der Waals surface area contributed by atoms with E-state index in [0.717, 1.165) is 6.54 Å². The Balaban J connectivity index is 2.17. The predicted octanol–water partition coefficient (Wildman–Crippen LogP) is 2.84. The number of likely N-dealkylation sites (tertiary alicyclic amines) is 1. The first-order chi connectivity index (χ1) is 8.24. The van der Waals surface area contributed by atoms with Crippen molar-refractivity contribution in [2.75, 3.05) is 13.2 Å². The summed E-state index contributed by atoms with van der Waals surface area (Å²) < 4.78 is 0. The summed E-state index contributed by atoms with van der Waals surface area (Å²) >= 11 is 0. The van der Waals surface area contributed by atoms with E-state index >= 15 is 0 Å². The van der Waals surface area contributed by atoms with Gasteiger partial charge >= 0.3 is 0 Å². The minimum Gasteiger partial charge on any atom is -0.395 e. The van der Waals surface area contributed by atoms with Gasteiger partial charge < -0.3 is 5.11 Å². The van der Waals surface area contributed by atoms with Crippen LogP contribution >= 0.6 is 0 Å². The van der Waals surface area contributed by atoms with Crippen LogP contribution in [0.1, 0.15) is 38.3 Å². The molecule has 2 rings (SSSR count). The summed E-state index contributed by atoms with van der Waals surface area (Å²) in [5, 5.41) is 9.58. The first-order valence-electron chi connectivity index (χ1n) is 6.65. The Bertz CT molecular complexity index is 336. The zero-order chi connectivity index (χ0) is 12.3. The second-order valence-electron chi connectivity index (χ2n) is 5.30. The zero-order valence-electron chi connectivity index (χ0n) is 10.8. The maximum Gasteiger partial charge on any atom is 0.0589 e. The number of rotatable bonds is 4. The highest BCUT2D eigenvalue weighted by Gasteiger charge is 2.32. The Kier molecular flexibility index (Phi) is 4.19. The maximum absolute atomic E-state index is 9.58. The lowest BCUT2D eigenvalue weighted by atomic mass is 9.99. The van der Waals surface area contributed by atoms with Crippen molar-refractivity contribution in [3.8, 4) is 0 Å². The normalized spacial score (nSPS) is 23.2. The number of aliphatic hydroxyl groups is 1. The molecule has 0 aromatic heterocycles.